The van der Waals surface area contributed by atoms with Crippen molar-refractivity contribution < 1.29 is 29.5 Å². The summed E-state index contributed by atoms with van der Waals surface area (Å²) in [5.74, 6) is -2.84. The van der Waals surface area contributed by atoms with Crippen LogP contribution in [-0.2, 0) is 19.2 Å². The molecule has 2 aliphatic rings. The van der Waals surface area contributed by atoms with Crippen LogP contribution in [0.3, 0.4) is 0 Å². The van der Waals surface area contributed by atoms with E-state index in [1.807, 2.05) is 0 Å². The van der Waals surface area contributed by atoms with E-state index in [4.69, 9.17) is 11.5 Å². The first kappa shape index (κ1) is 23.6. The molecule has 2 atom stereocenters. The van der Waals surface area contributed by atoms with Crippen LogP contribution in [-0.4, -0.2) is 66.8 Å². The summed E-state index contributed by atoms with van der Waals surface area (Å²) in [5.41, 5.74) is 10.1. The SMILES string of the molecule is NC(=O)CC/C=C\SC1=C(C(=O)O)N2C(=O)C(NC(=O)/C(=N\O)c3csc(N)n3)[C@H]2SC1. The van der Waals surface area contributed by atoms with Gasteiger partial charge in [-0.15, -0.1) is 23.1 Å². The van der Waals surface area contributed by atoms with Gasteiger partial charge in [-0.3, -0.25) is 19.3 Å². The van der Waals surface area contributed by atoms with Crippen molar-refractivity contribution in [2.75, 3.05) is 11.5 Å². The number of β-lactam (4-membered cyclic amide) rings is 1. The first-order valence-corrected chi connectivity index (χ1v) is 11.8. The Morgan fingerprint density at radius 1 is 1.44 bits per heavy atom. The molecule has 0 bridgehead atoms. The number of carboxylic acid groups (broad SMARTS) is 1. The molecule has 12 nitrogen and oxygen atoms in total. The minimum Gasteiger partial charge on any atom is -0.477 e. The third-order valence-corrected chi connectivity index (χ3v) is 7.45. The first-order chi connectivity index (χ1) is 15.2. The van der Waals surface area contributed by atoms with Crippen molar-refractivity contribution in [2.24, 2.45) is 10.9 Å². The zero-order chi connectivity index (χ0) is 23.4. The van der Waals surface area contributed by atoms with Crippen molar-refractivity contribution in [3.63, 3.8) is 0 Å². The number of aromatic nitrogens is 1. The highest BCUT2D eigenvalue weighted by Gasteiger charge is 2.54. The average molecular weight is 499 g/mol. The molecular formula is C17H18N6O6S3. The molecule has 2 aliphatic heterocycles. The molecule has 1 saturated heterocycles. The minimum absolute atomic E-state index is 0.0559. The van der Waals surface area contributed by atoms with E-state index in [1.54, 1.807) is 11.5 Å². The molecule has 0 spiro atoms. The maximum absolute atomic E-state index is 12.7. The Bertz CT molecular complexity index is 1050. The highest BCUT2D eigenvalue weighted by atomic mass is 32.2. The largest absolute Gasteiger partial charge is 0.477 e. The molecule has 1 fully saturated rings. The monoisotopic (exact) mass is 498 g/mol. The number of hydrogen-bond donors (Lipinski definition) is 5. The number of primary amides is 1. The smallest absolute Gasteiger partial charge is 0.353 e. The van der Waals surface area contributed by atoms with Crippen molar-refractivity contribution >= 4 is 69.4 Å². The van der Waals surface area contributed by atoms with Gasteiger partial charge >= 0.3 is 5.97 Å². The molecule has 3 amide bonds. The number of oxime groups is 1. The normalized spacial score (nSPS) is 20.8. The quantitative estimate of drug-likeness (QED) is 0.135. The van der Waals surface area contributed by atoms with Gasteiger partial charge in [0.25, 0.3) is 11.8 Å². The van der Waals surface area contributed by atoms with Crippen LogP contribution in [0.4, 0.5) is 5.13 Å². The Morgan fingerprint density at radius 3 is 2.78 bits per heavy atom. The number of nitrogens with two attached hydrogens (primary N) is 2. The zero-order valence-corrected chi connectivity index (χ0v) is 18.7. The molecule has 0 aliphatic carbocycles. The predicted octanol–water partition coefficient (Wildman–Crippen LogP) is 0.112. The number of thioether (sulfide) groups is 2. The second-order valence-corrected chi connectivity index (χ2v) is 9.45. The van der Waals surface area contributed by atoms with E-state index >= 15 is 0 Å². The van der Waals surface area contributed by atoms with E-state index in [2.05, 4.69) is 15.5 Å². The van der Waals surface area contributed by atoms with Crippen LogP contribution in [0.15, 0.2) is 32.6 Å². The summed E-state index contributed by atoms with van der Waals surface area (Å²) in [4.78, 5) is 53.2. The summed E-state index contributed by atoms with van der Waals surface area (Å²) in [5, 5.41) is 26.9. The number of carbonyl (C=O) groups excluding carboxylic acids is 3. The van der Waals surface area contributed by atoms with E-state index in [1.165, 1.54) is 17.1 Å². The number of nitrogens with one attached hydrogen (secondary N) is 1. The van der Waals surface area contributed by atoms with Crippen LogP contribution in [0.25, 0.3) is 0 Å². The fraction of sp³-hybridized carbons (Fsp3) is 0.294. The summed E-state index contributed by atoms with van der Waals surface area (Å²) in [6.07, 6.45) is 2.29. The van der Waals surface area contributed by atoms with E-state index in [9.17, 15) is 29.5 Å². The predicted molar refractivity (Wildman–Crippen MR) is 120 cm³/mol. The van der Waals surface area contributed by atoms with Crippen LogP contribution >= 0.6 is 34.9 Å². The zero-order valence-electron chi connectivity index (χ0n) is 16.3. The Kier molecular flexibility index (Phi) is 7.42. The number of hydrogen-bond acceptors (Lipinski definition) is 11. The van der Waals surface area contributed by atoms with Crippen LogP contribution in [0.2, 0.25) is 0 Å². The van der Waals surface area contributed by atoms with Gasteiger partial charge in [-0.2, -0.15) is 0 Å². The number of nitrogen functional groups attached to an aromatic ring is 1. The fourth-order valence-corrected chi connectivity index (χ4v) is 5.84. The summed E-state index contributed by atoms with van der Waals surface area (Å²) in [6.45, 7) is 0. The van der Waals surface area contributed by atoms with E-state index in [0.717, 1.165) is 28.0 Å². The Hall–Kier alpha value is -3.04. The molecule has 0 radical (unpaired) electrons. The number of rotatable bonds is 9. The minimum atomic E-state index is -1.27. The summed E-state index contributed by atoms with van der Waals surface area (Å²) in [6, 6.07) is -0.993. The number of thiazole rings is 1. The summed E-state index contributed by atoms with van der Waals surface area (Å²) in [7, 11) is 0. The number of nitrogens with zero attached hydrogens (tertiary/aromatic N) is 3. The lowest BCUT2D eigenvalue weighted by Crippen LogP contribution is -2.71. The van der Waals surface area contributed by atoms with Crippen molar-refractivity contribution in [2.45, 2.75) is 24.3 Å². The highest BCUT2D eigenvalue weighted by molar-refractivity contribution is 8.08. The highest BCUT2D eigenvalue weighted by Crippen LogP contribution is 2.43. The lowest BCUT2D eigenvalue weighted by Gasteiger charge is -2.49. The van der Waals surface area contributed by atoms with Crippen LogP contribution in [0, 0.1) is 0 Å². The topological polar surface area (TPSA) is 201 Å². The maximum Gasteiger partial charge on any atom is 0.353 e. The average Bonchev–Trinajstić information content (AvgIpc) is 3.17. The van der Waals surface area contributed by atoms with E-state index in [0.29, 0.717) is 17.1 Å². The van der Waals surface area contributed by atoms with Crippen molar-refractivity contribution in [3.8, 4) is 0 Å². The van der Waals surface area contributed by atoms with Crippen molar-refractivity contribution in [3.05, 3.63) is 33.2 Å². The standard InChI is InChI=1S/C17H18N6O6S3/c18-9(24)3-1-2-4-30-8-6-31-15-11(14(26)23(15)12(8)16(27)28)21-13(25)10(22-29)7-5-32-17(19)20-7/h2,4-5,11,15,29H,1,3,6H2,(H2,18,24)(H2,19,20)(H,21,25)(H,27,28)/b4-2-,22-10-/t11?,15-/m1/s1. The number of aliphatic carboxylic acids is 1. The van der Waals surface area contributed by atoms with Gasteiger partial charge in [-0.25, -0.2) is 9.78 Å². The van der Waals surface area contributed by atoms with Gasteiger partial charge in [0.1, 0.15) is 22.8 Å². The molecule has 15 heteroatoms. The van der Waals surface area contributed by atoms with Crippen LogP contribution in [0.5, 0.6) is 0 Å². The molecular weight excluding hydrogens is 480 g/mol. The van der Waals surface area contributed by atoms with Gasteiger partial charge in [-0.05, 0) is 11.8 Å². The van der Waals surface area contributed by atoms with Gasteiger partial charge in [0.05, 0.1) is 0 Å². The third-order valence-electron chi connectivity index (χ3n) is 4.37. The number of amides is 3. The van der Waals surface area contributed by atoms with Gasteiger partial charge in [0.15, 0.2) is 10.8 Å². The number of carboxylic acids is 1. The van der Waals surface area contributed by atoms with Crippen molar-refractivity contribution in [1.29, 1.82) is 0 Å². The molecule has 7 N–H and O–H groups in total. The molecule has 32 heavy (non-hydrogen) atoms. The molecule has 3 heterocycles. The van der Waals surface area contributed by atoms with Gasteiger partial charge in [-0.1, -0.05) is 23.0 Å². The van der Waals surface area contributed by atoms with Gasteiger partial charge in [0.2, 0.25) is 5.91 Å². The second kappa shape index (κ2) is 10.1. The molecule has 1 unspecified atom stereocenters. The number of carbonyl (C=O) groups is 4. The molecule has 170 valence electrons. The molecule has 0 saturated carbocycles. The van der Waals surface area contributed by atoms with E-state index in [-0.39, 0.29) is 22.9 Å². The Balaban J connectivity index is 1.70. The third kappa shape index (κ3) is 4.89. The van der Waals surface area contributed by atoms with Crippen molar-refractivity contribution in [1.82, 2.24) is 15.2 Å². The van der Waals surface area contributed by atoms with Gasteiger partial charge < -0.3 is 27.1 Å². The van der Waals surface area contributed by atoms with Crippen LogP contribution < -0.4 is 16.8 Å². The maximum atomic E-state index is 12.7. The lowest BCUT2D eigenvalue weighted by atomic mass is 10.0. The lowest BCUT2D eigenvalue weighted by molar-refractivity contribution is -0.150. The number of anilines is 1. The fourth-order valence-electron chi connectivity index (χ4n) is 2.92. The van der Waals surface area contributed by atoms with Crippen LogP contribution in [0.1, 0.15) is 18.5 Å². The molecule has 3 rings (SSSR count). The molecule has 1 aromatic heterocycles. The summed E-state index contributed by atoms with van der Waals surface area (Å²) >= 11 is 3.48. The molecule has 1 aromatic rings. The molecule has 0 aromatic carbocycles. The Labute approximate surface area is 193 Å². The second-order valence-electron chi connectivity index (χ2n) is 6.45. The number of allylic oxidation sites excluding steroid dienone is 1. The van der Waals surface area contributed by atoms with E-state index < -0.39 is 40.8 Å². The Morgan fingerprint density at radius 2 is 2.19 bits per heavy atom. The summed E-state index contributed by atoms with van der Waals surface area (Å²) < 4.78 is 0. The van der Waals surface area contributed by atoms with Gasteiger partial charge in [0, 0.05) is 22.5 Å². The first-order valence-electron chi connectivity index (χ1n) is 9.00. The number of fused-ring (bicyclic) bond motifs is 1.